The highest BCUT2D eigenvalue weighted by Crippen LogP contribution is 2.25. The van der Waals surface area contributed by atoms with E-state index in [1.54, 1.807) is 0 Å². The summed E-state index contributed by atoms with van der Waals surface area (Å²) in [5.74, 6) is -1.15. The van der Waals surface area contributed by atoms with Crippen molar-refractivity contribution in [1.29, 1.82) is 0 Å². The van der Waals surface area contributed by atoms with E-state index in [1.807, 2.05) is 4.90 Å². The number of piperidine rings is 1. The zero-order chi connectivity index (χ0) is 17.7. The number of alkyl halides is 3. The summed E-state index contributed by atoms with van der Waals surface area (Å²) >= 11 is 0. The van der Waals surface area contributed by atoms with E-state index in [1.165, 1.54) is 12.1 Å². The highest BCUT2D eigenvalue weighted by Gasteiger charge is 2.31. The maximum atomic E-state index is 12.2. The quantitative estimate of drug-likeness (QED) is 0.851. The molecule has 1 aliphatic heterocycles. The number of nitrogens with two attached hydrogens (primary N) is 1. The number of ether oxygens (including phenoxy) is 1. The highest BCUT2D eigenvalue weighted by molar-refractivity contribution is 5.92. The standard InChI is InChI=1S/C15H18F3N3O3/c16-15(17,18)24-12-3-1-11(2-4-12)20-14(23)10-5-7-21(8-6-10)9-13(19)22/h1-4,10H,5-9H2,(H2,19,22)(H,20,23). The zero-order valence-electron chi connectivity index (χ0n) is 12.8. The number of anilines is 1. The summed E-state index contributed by atoms with van der Waals surface area (Å²) in [5.41, 5.74) is 5.53. The van der Waals surface area contributed by atoms with E-state index in [9.17, 15) is 22.8 Å². The molecule has 6 nitrogen and oxygen atoms in total. The molecule has 1 heterocycles. The number of nitrogens with one attached hydrogen (secondary N) is 1. The van der Waals surface area contributed by atoms with Crippen molar-refractivity contribution in [2.75, 3.05) is 25.0 Å². The molecule has 0 radical (unpaired) electrons. The molecule has 9 heteroatoms. The van der Waals surface area contributed by atoms with Gasteiger partial charge in [0, 0.05) is 11.6 Å². The van der Waals surface area contributed by atoms with E-state index in [0.717, 1.165) is 12.1 Å². The fourth-order valence-corrected chi connectivity index (χ4v) is 2.56. The Kier molecular flexibility index (Phi) is 5.66. The topological polar surface area (TPSA) is 84.7 Å². The molecule has 24 heavy (non-hydrogen) atoms. The average molecular weight is 345 g/mol. The largest absolute Gasteiger partial charge is 0.573 e. The monoisotopic (exact) mass is 345 g/mol. The SMILES string of the molecule is NC(=O)CN1CCC(C(=O)Nc2ccc(OC(F)(F)F)cc2)CC1. The predicted octanol–water partition coefficient (Wildman–Crippen LogP) is 1.72. The van der Waals surface area contributed by atoms with Crippen molar-refractivity contribution in [2.24, 2.45) is 11.7 Å². The fourth-order valence-electron chi connectivity index (χ4n) is 2.56. The van der Waals surface area contributed by atoms with Crippen molar-refractivity contribution in [3.8, 4) is 5.75 Å². The number of primary amides is 1. The molecular weight excluding hydrogens is 327 g/mol. The van der Waals surface area contributed by atoms with Gasteiger partial charge in [-0.2, -0.15) is 0 Å². The Bertz CT molecular complexity index is 582. The molecule has 0 atom stereocenters. The van der Waals surface area contributed by atoms with Crippen LogP contribution in [0.2, 0.25) is 0 Å². The summed E-state index contributed by atoms with van der Waals surface area (Å²) in [5, 5.41) is 2.67. The lowest BCUT2D eigenvalue weighted by Gasteiger charge is -2.30. The third-order valence-electron chi connectivity index (χ3n) is 3.69. The van der Waals surface area contributed by atoms with Gasteiger partial charge in [-0.1, -0.05) is 0 Å². The van der Waals surface area contributed by atoms with Gasteiger partial charge in [-0.25, -0.2) is 0 Å². The van der Waals surface area contributed by atoms with Crippen LogP contribution >= 0.6 is 0 Å². The third kappa shape index (κ3) is 5.73. The summed E-state index contributed by atoms with van der Waals surface area (Å²) in [6.45, 7) is 1.37. The van der Waals surface area contributed by atoms with Gasteiger partial charge in [-0.05, 0) is 50.2 Å². The van der Waals surface area contributed by atoms with E-state index >= 15 is 0 Å². The summed E-state index contributed by atoms with van der Waals surface area (Å²) in [4.78, 5) is 24.9. The Morgan fingerprint density at radius 2 is 1.79 bits per heavy atom. The first kappa shape index (κ1) is 18.1. The van der Waals surface area contributed by atoms with Crippen molar-refractivity contribution in [2.45, 2.75) is 19.2 Å². The second-order valence-electron chi connectivity index (χ2n) is 5.58. The first-order valence-electron chi connectivity index (χ1n) is 7.40. The van der Waals surface area contributed by atoms with Crippen molar-refractivity contribution in [3.63, 3.8) is 0 Å². The number of rotatable bonds is 5. The number of halogens is 3. The molecule has 2 rings (SSSR count). The maximum absolute atomic E-state index is 12.2. The number of likely N-dealkylation sites (tertiary alicyclic amines) is 1. The van der Waals surface area contributed by atoms with Crippen LogP contribution in [0.4, 0.5) is 18.9 Å². The van der Waals surface area contributed by atoms with E-state index in [0.29, 0.717) is 31.6 Å². The van der Waals surface area contributed by atoms with Gasteiger partial charge in [0.2, 0.25) is 11.8 Å². The average Bonchev–Trinajstić information content (AvgIpc) is 2.48. The lowest BCUT2D eigenvalue weighted by molar-refractivity contribution is -0.274. The summed E-state index contributed by atoms with van der Waals surface area (Å²) < 4.78 is 40.0. The third-order valence-corrected chi connectivity index (χ3v) is 3.69. The Morgan fingerprint density at radius 3 is 2.29 bits per heavy atom. The molecule has 0 saturated carbocycles. The van der Waals surface area contributed by atoms with Gasteiger partial charge in [-0.15, -0.1) is 13.2 Å². The molecule has 1 aromatic carbocycles. The lowest BCUT2D eigenvalue weighted by atomic mass is 9.96. The molecule has 0 unspecified atom stereocenters. The smallest absolute Gasteiger partial charge is 0.406 e. The van der Waals surface area contributed by atoms with Gasteiger partial charge in [0.15, 0.2) is 0 Å². The van der Waals surface area contributed by atoms with E-state index < -0.39 is 12.3 Å². The molecule has 0 aromatic heterocycles. The molecule has 0 aliphatic carbocycles. The van der Waals surface area contributed by atoms with Gasteiger partial charge >= 0.3 is 6.36 Å². The van der Waals surface area contributed by atoms with Gasteiger partial charge in [0.1, 0.15) is 5.75 Å². The van der Waals surface area contributed by atoms with Crippen LogP contribution in [0.3, 0.4) is 0 Å². The minimum absolute atomic E-state index is 0.176. The molecule has 1 aromatic rings. The van der Waals surface area contributed by atoms with Crippen LogP contribution in [0, 0.1) is 5.92 Å². The van der Waals surface area contributed by atoms with Gasteiger partial charge in [0.25, 0.3) is 0 Å². The van der Waals surface area contributed by atoms with Crippen molar-refractivity contribution >= 4 is 17.5 Å². The lowest BCUT2D eigenvalue weighted by Crippen LogP contribution is -2.42. The van der Waals surface area contributed by atoms with Gasteiger partial charge in [0.05, 0.1) is 6.54 Å². The molecular formula is C15H18F3N3O3. The Hall–Kier alpha value is -2.29. The Morgan fingerprint density at radius 1 is 1.21 bits per heavy atom. The molecule has 2 amide bonds. The van der Waals surface area contributed by atoms with Crippen molar-refractivity contribution in [1.82, 2.24) is 4.90 Å². The summed E-state index contributed by atoms with van der Waals surface area (Å²) in [6.07, 6.45) is -3.56. The summed E-state index contributed by atoms with van der Waals surface area (Å²) in [7, 11) is 0. The first-order chi connectivity index (χ1) is 11.2. The van der Waals surface area contributed by atoms with Crippen molar-refractivity contribution in [3.05, 3.63) is 24.3 Å². The fraction of sp³-hybridized carbons (Fsp3) is 0.467. The van der Waals surface area contributed by atoms with Crippen molar-refractivity contribution < 1.29 is 27.5 Å². The Balaban J connectivity index is 1.83. The minimum atomic E-state index is -4.75. The molecule has 1 fully saturated rings. The number of benzene rings is 1. The molecule has 3 N–H and O–H groups in total. The number of nitrogens with zero attached hydrogens (tertiary/aromatic N) is 1. The number of amides is 2. The van der Waals surface area contributed by atoms with Gasteiger partial charge in [-0.3, -0.25) is 14.5 Å². The number of hydrogen-bond acceptors (Lipinski definition) is 4. The number of carbonyl (C=O) groups excluding carboxylic acids is 2. The molecule has 1 saturated heterocycles. The normalized spacial score (nSPS) is 16.6. The molecule has 1 aliphatic rings. The number of hydrogen-bond donors (Lipinski definition) is 2. The van der Waals surface area contributed by atoms with Gasteiger partial charge < -0.3 is 15.8 Å². The highest BCUT2D eigenvalue weighted by atomic mass is 19.4. The minimum Gasteiger partial charge on any atom is -0.406 e. The van der Waals surface area contributed by atoms with E-state index in [2.05, 4.69) is 10.1 Å². The second-order valence-corrected chi connectivity index (χ2v) is 5.58. The van der Waals surface area contributed by atoms with Crippen LogP contribution in [0.5, 0.6) is 5.75 Å². The summed E-state index contributed by atoms with van der Waals surface area (Å²) in [6, 6.07) is 4.97. The maximum Gasteiger partial charge on any atom is 0.573 e. The van der Waals surface area contributed by atoms with Crippen LogP contribution < -0.4 is 15.8 Å². The second kappa shape index (κ2) is 7.52. The zero-order valence-corrected chi connectivity index (χ0v) is 12.8. The van der Waals surface area contributed by atoms with Crippen LogP contribution in [0.1, 0.15) is 12.8 Å². The predicted molar refractivity (Wildman–Crippen MR) is 80.1 cm³/mol. The molecule has 132 valence electrons. The van der Waals surface area contributed by atoms with E-state index in [-0.39, 0.29) is 24.1 Å². The van der Waals surface area contributed by atoms with E-state index in [4.69, 9.17) is 5.73 Å². The number of carbonyl (C=O) groups is 2. The molecule has 0 bridgehead atoms. The first-order valence-corrected chi connectivity index (χ1v) is 7.40. The Labute approximate surface area is 136 Å². The van der Waals surface area contributed by atoms with Crippen LogP contribution in [-0.4, -0.2) is 42.7 Å². The van der Waals surface area contributed by atoms with Crippen LogP contribution in [-0.2, 0) is 9.59 Å². The van der Waals surface area contributed by atoms with Crippen LogP contribution in [0.15, 0.2) is 24.3 Å². The molecule has 0 spiro atoms. The van der Waals surface area contributed by atoms with Crippen LogP contribution in [0.25, 0.3) is 0 Å².